The van der Waals surface area contributed by atoms with Crippen LogP contribution in [-0.4, -0.2) is 16.2 Å². The number of halogens is 3. The lowest BCUT2D eigenvalue weighted by Crippen LogP contribution is -2.15. The van der Waals surface area contributed by atoms with Gasteiger partial charge in [0, 0.05) is 5.69 Å². The monoisotopic (exact) mass is 337 g/mol. The zero-order valence-electron chi connectivity index (χ0n) is 12.2. The normalized spacial score (nSPS) is 12.3. The number of aliphatic hydroxyl groups is 1. The highest BCUT2D eigenvalue weighted by Crippen LogP contribution is 2.30. The van der Waals surface area contributed by atoms with Gasteiger partial charge in [0.05, 0.1) is 16.8 Å². The number of nitrogens with zero attached hydrogens (tertiary/aromatic N) is 2. The number of alkyl halides is 3. The van der Waals surface area contributed by atoms with Gasteiger partial charge in [0.25, 0.3) is 5.91 Å². The summed E-state index contributed by atoms with van der Waals surface area (Å²) in [6, 6.07) is 5.19. The zero-order chi connectivity index (χ0) is 17.9. The van der Waals surface area contributed by atoms with Crippen molar-refractivity contribution in [1.29, 1.82) is 5.26 Å². The Labute approximate surface area is 133 Å². The van der Waals surface area contributed by atoms with Crippen molar-refractivity contribution in [3.8, 4) is 6.07 Å². The number of aromatic nitrogens is 1. The minimum absolute atomic E-state index is 0.0376. The average Bonchev–Trinajstić information content (AvgIpc) is 2.93. The van der Waals surface area contributed by atoms with E-state index in [0.717, 1.165) is 30.5 Å². The van der Waals surface area contributed by atoms with Crippen molar-refractivity contribution in [2.24, 2.45) is 0 Å². The molecule has 24 heavy (non-hydrogen) atoms. The number of nitriles is 1. The van der Waals surface area contributed by atoms with Gasteiger partial charge in [-0.05, 0) is 31.2 Å². The van der Waals surface area contributed by atoms with Crippen LogP contribution in [0.15, 0.2) is 40.6 Å². The first kappa shape index (κ1) is 17.1. The molecule has 0 radical (unpaired) electrons. The molecule has 0 saturated carbocycles. The van der Waals surface area contributed by atoms with Crippen LogP contribution < -0.4 is 5.32 Å². The van der Waals surface area contributed by atoms with Crippen molar-refractivity contribution < 1.29 is 27.6 Å². The van der Waals surface area contributed by atoms with E-state index in [0.29, 0.717) is 0 Å². The van der Waals surface area contributed by atoms with Crippen molar-refractivity contribution in [1.82, 2.24) is 5.16 Å². The lowest BCUT2D eigenvalue weighted by Gasteiger charge is -2.09. The van der Waals surface area contributed by atoms with E-state index in [1.807, 2.05) is 0 Å². The number of aryl methyl sites for hydroxylation is 1. The lowest BCUT2D eigenvalue weighted by molar-refractivity contribution is -0.137. The maximum atomic E-state index is 12.5. The van der Waals surface area contributed by atoms with Gasteiger partial charge in [0.2, 0.25) is 0 Å². The third-order valence-electron chi connectivity index (χ3n) is 3.05. The number of amides is 1. The summed E-state index contributed by atoms with van der Waals surface area (Å²) in [5.74, 6) is -1.61. The Hall–Kier alpha value is -3.28. The van der Waals surface area contributed by atoms with Crippen LogP contribution >= 0.6 is 0 Å². The molecular formula is C15H10F3N3O3. The third kappa shape index (κ3) is 3.55. The fourth-order valence-electron chi connectivity index (χ4n) is 1.80. The van der Waals surface area contributed by atoms with E-state index in [1.165, 1.54) is 6.92 Å². The summed E-state index contributed by atoms with van der Waals surface area (Å²) in [5, 5.41) is 24.8. The summed E-state index contributed by atoms with van der Waals surface area (Å²) < 4.78 is 42.1. The molecule has 2 N–H and O–H groups in total. The van der Waals surface area contributed by atoms with E-state index in [4.69, 9.17) is 5.26 Å². The van der Waals surface area contributed by atoms with E-state index in [-0.39, 0.29) is 16.9 Å². The molecule has 2 rings (SSSR count). The number of hydrogen-bond donors (Lipinski definition) is 2. The van der Waals surface area contributed by atoms with Gasteiger partial charge in [-0.1, -0.05) is 5.16 Å². The fraction of sp³-hybridized carbons (Fsp3) is 0.133. The topological polar surface area (TPSA) is 99.2 Å². The molecule has 124 valence electrons. The average molecular weight is 337 g/mol. The van der Waals surface area contributed by atoms with E-state index in [9.17, 15) is 23.1 Å². The maximum absolute atomic E-state index is 12.5. The number of hydrogen-bond acceptors (Lipinski definition) is 5. The molecule has 0 unspecified atom stereocenters. The van der Waals surface area contributed by atoms with E-state index >= 15 is 0 Å². The summed E-state index contributed by atoms with van der Waals surface area (Å²) in [6.45, 7) is 1.50. The van der Waals surface area contributed by atoms with Crippen LogP contribution in [0.3, 0.4) is 0 Å². The number of carbonyl (C=O) groups excluding carboxylic acids is 1. The largest absolute Gasteiger partial charge is 0.506 e. The number of rotatable bonds is 3. The smallest absolute Gasteiger partial charge is 0.416 e. The summed E-state index contributed by atoms with van der Waals surface area (Å²) >= 11 is 0. The Balaban J connectivity index is 2.25. The van der Waals surface area contributed by atoms with Crippen molar-refractivity contribution in [2.45, 2.75) is 13.1 Å². The Morgan fingerprint density at radius 2 is 1.96 bits per heavy atom. The minimum atomic E-state index is -4.50. The first-order valence-corrected chi connectivity index (χ1v) is 6.47. The first-order chi connectivity index (χ1) is 11.2. The molecule has 0 aliphatic carbocycles. The van der Waals surface area contributed by atoms with Crippen LogP contribution in [0.5, 0.6) is 0 Å². The summed E-state index contributed by atoms with van der Waals surface area (Å²) in [6.07, 6.45) is -3.43. The predicted octanol–water partition coefficient (Wildman–Crippen LogP) is 3.43. The molecule has 0 fully saturated rings. The van der Waals surface area contributed by atoms with Gasteiger partial charge in [-0.3, -0.25) is 4.79 Å². The highest BCUT2D eigenvalue weighted by molar-refractivity contribution is 6.11. The number of carbonyl (C=O) groups is 1. The van der Waals surface area contributed by atoms with Crippen LogP contribution in [-0.2, 0) is 11.0 Å². The highest BCUT2D eigenvalue weighted by atomic mass is 19.4. The van der Waals surface area contributed by atoms with Crippen LogP contribution in [0.1, 0.15) is 16.8 Å². The summed E-state index contributed by atoms with van der Waals surface area (Å²) in [4.78, 5) is 12.0. The molecule has 0 spiro atoms. The molecule has 6 nitrogen and oxygen atoms in total. The highest BCUT2D eigenvalue weighted by Gasteiger charge is 2.30. The van der Waals surface area contributed by atoms with Crippen molar-refractivity contribution in [3.05, 3.63) is 52.9 Å². The van der Waals surface area contributed by atoms with Gasteiger partial charge in [-0.25, -0.2) is 0 Å². The number of anilines is 1. The lowest BCUT2D eigenvalue weighted by atomic mass is 10.1. The van der Waals surface area contributed by atoms with E-state index in [2.05, 4.69) is 15.0 Å². The minimum Gasteiger partial charge on any atom is -0.506 e. The van der Waals surface area contributed by atoms with Gasteiger partial charge in [0.15, 0.2) is 11.3 Å². The number of aliphatic hydroxyl groups excluding tert-OH is 1. The first-order valence-electron chi connectivity index (χ1n) is 6.47. The molecule has 0 bridgehead atoms. The van der Waals surface area contributed by atoms with E-state index in [1.54, 1.807) is 6.07 Å². The molecule has 2 aromatic rings. The molecule has 1 aromatic carbocycles. The second-order valence-electron chi connectivity index (χ2n) is 4.68. The molecule has 0 atom stereocenters. The quantitative estimate of drug-likeness (QED) is 0.508. The molecule has 0 aliphatic heterocycles. The van der Waals surface area contributed by atoms with Crippen molar-refractivity contribution in [2.75, 3.05) is 5.32 Å². The van der Waals surface area contributed by atoms with Gasteiger partial charge in [-0.2, -0.15) is 18.4 Å². The predicted molar refractivity (Wildman–Crippen MR) is 76.5 cm³/mol. The molecule has 1 amide bonds. The number of benzene rings is 1. The second kappa shape index (κ2) is 6.45. The van der Waals surface area contributed by atoms with Crippen LogP contribution in [0, 0.1) is 18.3 Å². The van der Waals surface area contributed by atoms with Crippen LogP contribution in [0.25, 0.3) is 5.76 Å². The van der Waals surface area contributed by atoms with Crippen LogP contribution in [0.4, 0.5) is 18.9 Å². The van der Waals surface area contributed by atoms with Crippen molar-refractivity contribution >= 4 is 17.4 Å². The van der Waals surface area contributed by atoms with Gasteiger partial charge in [0.1, 0.15) is 12.3 Å². The van der Waals surface area contributed by atoms with Crippen molar-refractivity contribution in [3.63, 3.8) is 0 Å². The fourth-order valence-corrected chi connectivity index (χ4v) is 1.80. The van der Waals surface area contributed by atoms with Gasteiger partial charge in [-0.15, -0.1) is 0 Å². The molecule has 0 saturated heterocycles. The SMILES string of the molecule is Cc1nocc1/C(O)=C(\C#N)C(=O)Nc1ccc(C(F)(F)F)cc1. The second-order valence-corrected chi connectivity index (χ2v) is 4.68. The number of nitrogens with one attached hydrogen (secondary N) is 1. The molecule has 1 aromatic heterocycles. The standard InChI is InChI=1S/C15H10F3N3O3/c1-8-12(7-24-21-8)13(22)11(6-19)14(23)20-10-4-2-9(3-5-10)15(16,17)18/h2-5,7,22H,1H3,(H,20,23)/b13-11-. The molecular weight excluding hydrogens is 327 g/mol. The third-order valence-corrected chi connectivity index (χ3v) is 3.05. The molecule has 1 heterocycles. The zero-order valence-corrected chi connectivity index (χ0v) is 12.2. The summed E-state index contributed by atoms with van der Waals surface area (Å²) in [5.41, 5.74) is -1.13. The Morgan fingerprint density at radius 1 is 1.33 bits per heavy atom. The summed E-state index contributed by atoms with van der Waals surface area (Å²) in [7, 11) is 0. The maximum Gasteiger partial charge on any atom is 0.416 e. The Bertz CT molecular complexity index is 830. The van der Waals surface area contributed by atoms with Gasteiger partial charge >= 0.3 is 6.18 Å². The Kier molecular flexibility index (Phi) is 4.59. The molecule has 9 heteroatoms. The Morgan fingerprint density at radius 3 is 2.42 bits per heavy atom. The van der Waals surface area contributed by atoms with Crippen LogP contribution in [0.2, 0.25) is 0 Å². The van der Waals surface area contributed by atoms with Gasteiger partial charge < -0.3 is 14.9 Å². The molecule has 0 aliphatic rings. The van der Waals surface area contributed by atoms with E-state index < -0.39 is 29.0 Å².